The van der Waals surface area contributed by atoms with Crippen LogP contribution in [0.3, 0.4) is 0 Å². The summed E-state index contributed by atoms with van der Waals surface area (Å²) in [6, 6.07) is 12.7. The highest BCUT2D eigenvalue weighted by molar-refractivity contribution is 6.31. The summed E-state index contributed by atoms with van der Waals surface area (Å²) in [5.41, 5.74) is 2.45. The molecule has 0 saturated heterocycles. The van der Waals surface area contributed by atoms with Crippen LogP contribution in [-0.4, -0.2) is 24.6 Å². The molecule has 0 aromatic heterocycles. The van der Waals surface area contributed by atoms with E-state index in [4.69, 9.17) is 21.1 Å². The first-order valence-corrected chi connectivity index (χ1v) is 9.14. The minimum Gasteiger partial charge on any atom is -0.482 e. The number of ether oxygens (including phenoxy) is 2. The number of halogens is 1. The molecule has 0 heterocycles. The smallest absolute Gasteiger partial charge is 0.344 e. The number of nitrogens with one attached hydrogen (secondary N) is 1. The maximum Gasteiger partial charge on any atom is 0.344 e. The van der Waals surface area contributed by atoms with Gasteiger partial charge in [0.05, 0.1) is 0 Å². The van der Waals surface area contributed by atoms with E-state index in [0.29, 0.717) is 16.5 Å². The molecule has 2 rings (SSSR count). The maximum atomic E-state index is 12.3. The standard InChI is InChI=1S/C21H24ClNO4/c1-13(2)17-7-5-6-8-19(17)26-12-20(24)27-15(4)21(25)23-18-11-16(22)10-9-14(18)3/h5-11,13,15H,12H2,1-4H3,(H,23,25)/t15-/m0/s1. The van der Waals surface area contributed by atoms with E-state index in [1.54, 1.807) is 24.3 Å². The largest absolute Gasteiger partial charge is 0.482 e. The molecule has 1 N–H and O–H groups in total. The molecule has 0 spiro atoms. The Morgan fingerprint density at radius 2 is 1.81 bits per heavy atom. The van der Waals surface area contributed by atoms with Gasteiger partial charge in [0.15, 0.2) is 12.7 Å². The Morgan fingerprint density at radius 3 is 2.52 bits per heavy atom. The van der Waals surface area contributed by atoms with Crippen molar-refractivity contribution in [3.63, 3.8) is 0 Å². The summed E-state index contributed by atoms with van der Waals surface area (Å²) < 4.78 is 10.7. The lowest BCUT2D eigenvalue weighted by Gasteiger charge is -2.16. The molecule has 27 heavy (non-hydrogen) atoms. The average molecular weight is 390 g/mol. The minimum absolute atomic E-state index is 0.266. The molecular weight excluding hydrogens is 366 g/mol. The fourth-order valence-corrected chi connectivity index (χ4v) is 2.65. The monoisotopic (exact) mass is 389 g/mol. The van der Waals surface area contributed by atoms with Gasteiger partial charge in [0.1, 0.15) is 5.75 Å². The lowest BCUT2D eigenvalue weighted by atomic mass is 10.0. The Bertz CT molecular complexity index is 820. The van der Waals surface area contributed by atoms with Crippen molar-refractivity contribution in [2.24, 2.45) is 0 Å². The molecule has 0 saturated carbocycles. The van der Waals surface area contributed by atoms with Gasteiger partial charge >= 0.3 is 5.97 Å². The van der Waals surface area contributed by atoms with Crippen LogP contribution in [-0.2, 0) is 14.3 Å². The van der Waals surface area contributed by atoms with Gasteiger partial charge in [-0.3, -0.25) is 4.79 Å². The van der Waals surface area contributed by atoms with E-state index in [9.17, 15) is 9.59 Å². The van der Waals surface area contributed by atoms with E-state index in [1.165, 1.54) is 6.92 Å². The lowest BCUT2D eigenvalue weighted by molar-refractivity contribution is -0.155. The first-order chi connectivity index (χ1) is 12.8. The van der Waals surface area contributed by atoms with Crippen LogP contribution in [0.1, 0.15) is 37.8 Å². The van der Waals surface area contributed by atoms with Crippen molar-refractivity contribution in [1.29, 1.82) is 0 Å². The van der Waals surface area contributed by atoms with E-state index in [0.717, 1.165) is 11.1 Å². The number of rotatable bonds is 7. The first kappa shape index (κ1) is 20.8. The van der Waals surface area contributed by atoms with Crippen molar-refractivity contribution in [2.45, 2.75) is 39.7 Å². The summed E-state index contributed by atoms with van der Waals surface area (Å²) in [6.45, 7) is 7.19. The molecule has 0 aliphatic rings. The lowest BCUT2D eigenvalue weighted by Crippen LogP contribution is -2.32. The number of anilines is 1. The third kappa shape index (κ3) is 6.00. The van der Waals surface area contributed by atoms with Crippen molar-refractivity contribution in [2.75, 3.05) is 11.9 Å². The zero-order valence-electron chi connectivity index (χ0n) is 15.9. The Morgan fingerprint density at radius 1 is 1.11 bits per heavy atom. The fourth-order valence-electron chi connectivity index (χ4n) is 2.47. The van der Waals surface area contributed by atoms with Crippen LogP contribution in [0.4, 0.5) is 5.69 Å². The van der Waals surface area contributed by atoms with Crippen molar-refractivity contribution in [1.82, 2.24) is 0 Å². The zero-order valence-corrected chi connectivity index (χ0v) is 16.7. The van der Waals surface area contributed by atoms with E-state index in [-0.39, 0.29) is 12.5 Å². The van der Waals surface area contributed by atoms with Gasteiger partial charge in [0, 0.05) is 10.7 Å². The van der Waals surface area contributed by atoms with E-state index < -0.39 is 18.0 Å². The highest BCUT2D eigenvalue weighted by Crippen LogP contribution is 2.25. The topological polar surface area (TPSA) is 64.6 Å². The number of carbonyl (C=O) groups is 2. The molecule has 0 aliphatic heterocycles. The number of amides is 1. The van der Waals surface area contributed by atoms with E-state index >= 15 is 0 Å². The summed E-state index contributed by atoms with van der Waals surface area (Å²) in [6.07, 6.45) is -0.958. The molecule has 1 atom stereocenters. The maximum absolute atomic E-state index is 12.3. The van der Waals surface area contributed by atoms with E-state index in [1.807, 2.05) is 39.0 Å². The summed E-state index contributed by atoms with van der Waals surface area (Å²) >= 11 is 5.95. The second-order valence-corrected chi connectivity index (χ2v) is 7.00. The minimum atomic E-state index is -0.958. The average Bonchev–Trinajstić information content (AvgIpc) is 2.63. The summed E-state index contributed by atoms with van der Waals surface area (Å²) in [4.78, 5) is 24.3. The fraction of sp³-hybridized carbons (Fsp3) is 0.333. The molecule has 0 unspecified atom stereocenters. The predicted octanol–water partition coefficient (Wildman–Crippen LogP) is 4.72. The van der Waals surface area contributed by atoms with Crippen LogP contribution in [0.5, 0.6) is 5.75 Å². The normalized spacial score (nSPS) is 11.8. The van der Waals surface area contributed by atoms with Crippen LogP contribution >= 0.6 is 11.6 Å². The molecule has 2 aromatic carbocycles. The Hall–Kier alpha value is -2.53. The Labute approximate surface area is 164 Å². The van der Waals surface area contributed by atoms with Crippen LogP contribution in [0, 0.1) is 6.92 Å². The van der Waals surface area contributed by atoms with Gasteiger partial charge in [-0.25, -0.2) is 4.79 Å². The number of esters is 1. The van der Waals surface area contributed by atoms with Gasteiger partial charge in [-0.15, -0.1) is 0 Å². The number of benzene rings is 2. The molecule has 5 nitrogen and oxygen atoms in total. The Balaban J connectivity index is 1.90. The van der Waals surface area contributed by atoms with Crippen molar-refractivity contribution >= 4 is 29.2 Å². The zero-order chi connectivity index (χ0) is 20.0. The second kappa shape index (κ2) is 9.42. The van der Waals surface area contributed by atoms with Crippen molar-refractivity contribution < 1.29 is 19.1 Å². The number of carbonyl (C=O) groups excluding carboxylic acids is 2. The third-order valence-corrected chi connectivity index (χ3v) is 4.26. The molecule has 1 amide bonds. The highest BCUT2D eigenvalue weighted by Gasteiger charge is 2.19. The van der Waals surface area contributed by atoms with Gasteiger partial charge in [-0.05, 0) is 49.1 Å². The van der Waals surface area contributed by atoms with E-state index in [2.05, 4.69) is 5.32 Å². The molecular formula is C21H24ClNO4. The van der Waals surface area contributed by atoms with Gasteiger partial charge < -0.3 is 14.8 Å². The number of hydrogen-bond donors (Lipinski definition) is 1. The summed E-state index contributed by atoms with van der Waals surface area (Å²) in [5, 5.41) is 3.22. The number of aryl methyl sites for hydroxylation is 1. The SMILES string of the molecule is Cc1ccc(Cl)cc1NC(=O)[C@H](C)OC(=O)COc1ccccc1C(C)C. The van der Waals surface area contributed by atoms with Crippen LogP contribution in [0.25, 0.3) is 0 Å². The molecule has 0 radical (unpaired) electrons. The van der Waals surface area contributed by atoms with Gasteiger partial charge in [-0.2, -0.15) is 0 Å². The quantitative estimate of drug-likeness (QED) is 0.696. The number of para-hydroxylation sites is 1. The van der Waals surface area contributed by atoms with Crippen molar-refractivity contribution in [3.8, 4) is 5.75 Å². The Kier molecular flexibility index (Phi) is 7.25. The molecule has 0 fully saturated rings. The first-order valence-electron chi connectivity index (χ1n) is 8.76. The molecule has 2 aromatic rings. The van der Waals surface area contributed by atoms with Gasteiger partial charge in [0.2, 0.25) is 0 Å². The number of hydrogen-bond acceptors (Lipinski definition) is 4. The van der Waals surface area contributed by atoms with Crippen LogP contribution in [0.15, 0.2) is 42.5 Å². The predicted molar refractivity (Wildman–Crippen MR) is 106 cm³/mol. The summed E-state index contributed by atoms with van der Waals surface area (Å²) in [5.74, 6) is -0.144. The highest BCUT2D eigenvalue weighted by atomic mass is 35.5. The second-order valence-electron chi connectivity index (χ2n) is 6.56. The van der Waals surface area contributed by atoms with Crippen LogP contribution in [0.2, 0.25) is 5.02 Å². The molecule has 144 valence electrons. The van der Waals surface area contributed by atoms with Crippen molar-refractivity contribution in [3.05, 3.63) is 58.6 Å². The molecule has 6 heteroatoms. The van der Waals surface area contributed by atoms with Gasteiger partial charge in [0.25, 0.3) is 5.91 Å². The molecule has 0 bridgehead atoms. The van der Waals surface area contributed by atoms with Crippen LogP contribution < -0.4 is 10.1 Å². The molecule has 0 aliphatic carbocycles. The van der Waals surface area contributed by atoms with Gasteiger partial charge in [-0.1, -0.05) is 49.7 Å². The summed E-state index contributed by atoms with van der Waals surface area (Å²) in [7, 11) is 0. The third-order valence-electron chi connectivity index (χ3n) is 4.02.